The minimum absolute atomic E-state index is 0.0889. The van der Waals surface area contributed by atoms with Crippen molar-refractivity contribution < 1.29 is 14.7 Å². The fraction of sp³-hybridized carbons (Fsp3) is 0.385. The molecule has 0 bridgehead atoms. The van der Waals surface area contributed by atoms with E-state index in [9.17, 15) is 9.59 Å². The van der Waals surface area contributed by atoms with Crippen molar-refractivity contribution in [3.8, 4) is 0 Å². The summed E-state index contributed by atoms with van der Waals surface area (Å²) in [5.41, 5.74) is 0.116. The number of carbonyl (C=O) groups is 2. The van der Waals surface area contributed by atoms with Gasteiger partial charge < -0.3 is 10.4 Å². The fourth-order valence-corrected chi connectivity index (χ4v) is 2.16. The van der Waals surface area contributed by atoms with Gasteiger partial charge in [0.2, 0.25) is 5.91 Å². The first-order valence-corrected chi connectivity index (χ1v) is 7.54. The number of carboxylic acid groups (broad SMARTS) is 1. The predicted octanol–water partition coefficient (Wildman–Crippen LogP) is 1.14. The van der Waals surface area contributed by atoms with E-state index in [1.54, 1.807) is 10.9 Å². The maximum Gasteiger partial charge on any atom is 0.338 e. The van der Waals surface area contributed by atoms with Crippen LogP contribution in [0.3, 0.4) is 0 Å². The van der Waals surface area contributed by atoms with E-state index in [0.29, 0.717) is 13.1 Å². The van der Waals surface area contributed by atoms with E-state index in [4.69, 9.17) is 5.11 Å². The van der Waals surface area contributed by atoms with Gasteiger partial charge in [0.15, 0.2) is 0 Å². The summed E-state index contributed by atoms with van der Waals surface area (Å²) in [5, 5.41) is 19.6. The zero-order valence-corrected chi connectivity index (χ0v) is 13.4. The number of halogens is 1. The highest BCUT2D eigenvalue weighted by atomic mass is 79.9. The Morgan fingerprint density at radius 1 is 1.18 bits per heavy atom. The normalized spacial score (nSPS) is 10.6. The van der Waals surface area contributed by atoms with Gasteiger partial charge in [-0.1, -0.05) is 0 Å². The number of hydrogen-bond acceptors (Lipinski definition) is 4. The van der Waals surface area contributed by atoms with Crippen molar-refractivity contribution in [1.29, 1.82) is 0 Å². The Balaban J connectivity index is 1.62. The van der Waals surface area contributed by atoms with E-state index in [1.165, 1.54) is 17.1 Å². The second-order valence-corrected chi connectivity index (χ2v) is 5.59. The average molecular weight is 370 g/mol. The van der Waals surface area contributed by atoms with Gasteiger partial charge in [0.1, 0.15) is 0 Å². The van der Waals surface area contributed by atoms with Gasteiger partial charge in [-0.15, -0.1) is 0 Å². The molecular formula is C13H16BrN5O3. The molecule has 0 fully saturated rings. The molecule has 2 aromatic heterocycles. The monoisotopic (exact) mass is 369 g/mol. The van der Waals surface area contributed by atoms with Crippen molar-refractivity contribution in [2.45, 2.75) is 25.9 Å². The van der Waals surface area contributed by atoms with Gasteiger partial charge in [-0.3, -0.25) is 14.2 Å². The standard InChI is InChI=1S/C13H16BrN5O3/c14-11-7-17-18(9-11)4-1-3-15-12(20)2-5-19-8-10(6-16-19)13(21)22/h6-9H,1-5H2,(H,15,20)(H,21,22). The lowest BCUT2D eigenvalue weighted by Crippen LogP contribution is -2.26. The average Bonchev–Trinajstić information content (AvgIpc) is 3.10. The van der Waals surface area contributed by atoms with Crippen LogP contribution < -0.4 is 5.32 Å². The Bertz CT molecular complexity index is 652. The first kappa shape index (κ1) is 16.2. The van der Waals surface area contributed by atoms with Crippen LogP contribution >= 0.6 is 15.9 Å². The van der Waals surface area contributed by atoms with E-state index >= 15 is 0 Å². The number of amides is 1. The first-order valence-electron chi connectivity index (χ1n) is 6.75. The molecule has 2 heterocycles. The fourth-order valence-electron chi connectivity index (χ4n) is 1.83. The number of carboxylic acids is 1. The van der Waals surface area contributed by atoms with Crippen molar-refractivity contribution in [1.82, 2.24) is 24.9 Å². The number of aromatic nitrogens is 4. The van der Waals surface area contributed by atoms with Gasteiger partial charge in [0.25, 0.3) is 0 Å². The molecule has 0 spiro atoms. The molecule has 0 saturated carbocycles. The van der Waals surface area contributed by atoms with E-state index in [1.807, 2.05) is 6.20 Å². The van der Waals surface area contributed by atoms with Gasteiger partial charge in [0, 0.05) is 38.4 Å². The Morgan fingerprint density at radius 2 is 1.91 bits per heavy atom. The Labute approximate surface area is 135 Å². The third-order valence-electron chi connectivity index (χ3n) is 2.94. The molecule has 0 radical (unpaired) electrons. The van der Waals surface area contributed by atoms with Crippen LogP contribution in [0.2, 0.25) is 0 Å². The molecule has 118 valence electrons. The molecule has 0 saturated heterocycles. The molecule has 0 atom stereocenters. The van der Waals surface area contributed by atoms with Crippen LogP contribution in [0.1, 0.15) is 23.2 Å². The minimum Gasteiger partial charge on any atom is -0.478 e. The van der Waals surface area contributed by atoms with E-state index < -0.39 is 5.97 Å². The van der Waals surface area contributed by atoms with Gasteiger partial charge >= 0.3 is 5.97 Å². The van der Waals surface area contributed by atoms with Crippen LogP contribution in [-0.4, -0.2) is 43.1 Å². The zero-order valence-electron chi connectivity index (χ0n) is 11.8. The summed E-state index contributed by atoms with van der Waals surface area (Å²) in [5.74, 6) is -1.12. The summed E-state index contributed by atoms with van der Waals surface area (Å²) in [6.07, 6.45) is 7.31. The highest BCUT2D eigenvalue weighted by Crippen LogP contribution is 2.06. The maximum atomic E-state index is 11.7. The SMILES string of the molecule is O=C(CCn1cc(C(=O)O)cn1)NCCCn1cc(Br)cn1. The van der Waals surface area contributed by atoms with Crippen molar-refractivity contribution in [3.05, 3.63) is 34.8 Å². The maximum absolute atomic E-state index is 11.7. The molecular weight excluding hydrogens is 354 g/mol. The Morgan fingerprint density at radius 3 is 2.55 bits per heavy atom. The molecule has 8 nitrogen and oxygen atoms in total. The quantitative estimate of drug-likeness (QED) is 0.679. The molecule has 0 aliphatic carbocycles. The highest BCUT2D eigenvalue weighted by Gasteiger charge is 2.07. The minimum atomic E-state index is -1.03. The number of hydrogen-bond donors (Lipinski definition) is 2. The van der Waals surface area contributed by atoms with Crippen molar-refractivity contribution in [2.75, 3.05) is 6.54 Å². The van der Waals surface area contributed by atoms with Crippen LogP contribution in [0.4, 0.5) is 0 Å². The zero-order chi connectivity index (χ0) is 15.9. The van der Waals surface area contributed by atoms with Crippen LogP contribution in [0.15, 0.2) is 29.3 Å². The summed E-state index contributed by atoms with van der Waals surface area (Å²) >= 11 is 3.32. The number of nitrogens with one attached hydrogen (secondary N) is 1. The highest BCUT2D eigenvalue weighted by molar-refractivity contribution is 9.10. The van der Waals surface area contributed by atoms with E-state index in [-0.39, 0.29) is 17.9 Å². The smallest absolute Gasteiger partial charge is 0.338 e. The summed E-state index contributed by atoms with van der Waals surface area (Å²) in [7, 11) is 0. The molecule has 2 aromatic rings. The lowest BCUT2D eigenvalue weighted by Gasteiger charge is -2.05. The third kappa shape index (κ3) is 4.99. The second kappa shape index (κ2) is 7.74. The first-order chi connectivity index (χ1) is 10.5. The number of nitrogens with zero attached hydrogens (tertiary/aromatic N) is 4. The summed E-state index contributed by atoms with van der Waals surface area (Å²) in [4.78, 5) is 22.4. The third-order valence-corrected chi connectivity index (χ3v) is 3.35. The van der Waals surface area contributed by atoms with Crippen molar-refractivity contribution >= 4 is 27.8 Å². The number of carbonyl (C=O) groups excluding carboxylic acids is 1. The van der Waals surface area contributed by atoms with Gasteiger partial charge in [-0.05, 0) is 22.4 Å². The number of aromatic carboxylic acids is 1. The molecule has 2 rings (SSSR count). The largest absolute Gasteiger partial charge is 0.478 e. The van der Waals surface area contributed by atoms with Crippen molar-refractivity contribution in [2.24, 2.45) is 0 Å². The molecule has 1 amide bonds. The van der Waals surface area contributed by atoms with Crippen LogP contribution in [0.5, 0.6) is 0 Å². The lowest BCUT2D eigenvalue weighted by molar-refractivity contribution is -0.121. The van der Waals surface area contributed by atoms with E-state index in [0.717, 1.165) is 17.4 Å². The molecule has 9 heteroatoms. The summed E-state index contributed by atoms with van der Waals surface area (Å²) in [6.45, 7) is 1.65. The second-order valence-electron chi connectivity index (χ2n) is 4.67. The van der Waals surface area contributed by atoms with Crippen LogP contribution in [0, 0.1) is 0 Å². The van der Waals surface area contributed by atoms with Crippen LogP contribution in [0.25, 0.3) is 0 Å². The van der Waals surface area contributed by atoms with Crippen LogP contribution in [-0.2, 0) is 17.9 Å². The summed E-state index contributed by atoms with van der Waals surface area (Å²) in [6, 6.07) is 0. The van der Waals surface area contributed by atoms with Gasteiger partial charge in [-0.2, -0.15) is 10.2 Å². The molecule has 0 aromatic carbocycles. The Hall–Kier alpha value is -2.16. The topological polar surface area (TPSA) is 102 Å². The lowest BCUT2D eigenvalue weighted by atomic mass is 10.3. The molecule has 22 heavy (non-hydrogen) atoms. The molecule has 2 N–H and O–H groups in total. The molecule has 0 aliphatic heterocycles. The van der Waals surface area contributed by atoms with Gasteiger partial charge in [0.05, 0.1) is 22.4 Å². The predicted molar refractivity (Wildman–Crippen MR) is 81.4 cm³/mol. The number of rotatable bonds is 8. The van der Waals surface area contributed by atoms with E-state index in [2.05, 4.69) is 31.4 Å². The molecule has 0 unspecified atom stereocenters. The molecule has 0 aliphatic rings. The summed E-state index contributed by atoms with van der Waals surface area (Å²) < 4.78 is 4.18. The Kier molecular flexibility index (Phi) is 5.70. The van der Waals surface area contributed by atoms with Gasteiger partial charge in [-0.25, -0.2) is 4.79 Å². The number of aryl methyl sites for hydroxylation is 2. The van der Waals surface area contributed by atoms with Crippen molar-refractivity contribution in [3.63, 3.8) is 0 Å².